The first-order valence-electron chi connectivity index (χ1n) is 7.96. The molecule has 0 bridgehead atoms. The van der Waals surface area contributed by atoms with Crippen LogP contribution in [0.1, 0.15) is 10.8 Å². The fourth-order valence-electron chi connectivity index (χ4n) is 3.19. The van der Waals surface area contributed by atoms with Gasteiger partial charge in [-0.15, -0.1) is 0 Å². The zero-order valence-electron chi connectivity index (χ0n) is 13.6. The van der Waals surface area contributed by atoms with Gasteiger partial charge in [0.15, 0.2) is 19.7 Å². The average molecular weight is 385 g/mol. The molecule has 3 aromatic rings. The van der Waals surface area contributed by atoms with Crippen LogP contribution in [0.25, 0.3) is 11.1 Å². The van der Waals surface area contributed by atoms with Crippen LogP contribution in [0.5, 0.6) is 0 Å². The van der Waals surface area contributed by atoms with Crippen LogP contribution in [-0.2, 0) is 19.7 Å². The van der Waals surface area contributed by atoms with Crippen molar-refractivity contribution in [1.82, 2.24) is 4.98 Å². The maximum absolute atomic E-state index is 13.0. The van der Waals surface area contributed by atoms with E-state index in [4.69, 9.17) is 0 Å². The number of sulfone groups is 2. The van der Waals surface area contributed by atoms with Crippen LogP contribution in [0, 0.1) is 0 Å². The van der Waals surface area contributed by atoms with E-state index < -0.39 is 30.7 Å². The summed E-state index contributed by atoms with van der Waals surface area (Å²) in [4.78, 5) is 4.26. The van der Waals surface area contributed by atoms with Gasteiger partial charge in [-0.05, 0) is 35.4 Å². The molecule has 0 amide bonds. The molecular weight excluding hydrogens is 370 g/mol. The fraction of sp³-hybridized carbons (Fsp3) is 0.105. The zero-order valence-corrected chi connectivity index (χ0v) is 15.2. The number of pyridine rings is 1. The van der Waals surface area contributed by atoms with E-state index >= 15 is 0 Å². The second-order valence-corrected chi connectivity index (χ2v) is 10.3. The molecule has 132 valence electrons. The van der Waals surface area contributed by atoms with Gasteiger partial charge in [0, 0.05) is 18.0 Å². The Balaban J connectivity index is 1.85. The maximum Gasteiger partial charge on any atom is 0.186 e. The summed E-state index contributed by atoms with van der Waals surface area (Å²) in [6, 6.07) is 16.4. The quantitative estimate of drug-likeness (QED) is 0.692. The normalized spacial score (nSPS) is 18.4. The monoisotopic (exact) mass is 385 g/mol. The lowest BCUT2D eigenvalue weighted by atomic mass is 10.0. The summed E-state index contributed by atoms with van der Waals surface area (Å²) in [6.07, 6.45) is 3.28. The molecule has 1 aliphatic rings. The van der Waals surface area contributed by atoms with Crippen molar-refractivity contribution in [3.8, 4) is 11.1 Å². The van der Waals surface area contributed by atoms with Crippen LogP contribution in [0.15, 0.2) is 82.8 Å². The van der Waals surface area contributed by atoms with Crippen LogP contribution in [0.3, 0.4) is 0 Å². The Bertz CT molecular complexity index is 1170. The second kappa shape index (κ2) is 6.03. The Morgan fingerprint density at radius 3 is 2.38 bits per heavy atom. The van der Waals surface area contributed by atoms with Crippen molar-refractivity contribution >= 4 is 19.7 Å². The molecule has 0 saturated carbocycles. The van der Waals surface area contributed by atoms with E-state index in [1.165, 1.54) is 12.1 Å². The first kappa shape index (κ1) is 16.9. The summed E-state index contributed by atoms with van der Waals surface area (Å²) in [6.45, 7) is 0. The highest BCUT2D eigenvalue weighted by Crippen LogP contribution is 2.42. The van der Waals surface area contributed by atoms with Crippen molar-refractivity contribution in [3.63, 3.8) is 0 Å². The highest BCUT2D eigenvalue weighted by molar-refractivity contribution is 7.96. The summed E-state index contributed by atoms with van der Waals surface area (Å²) in [5, 5.41) is -1.09. The molecule has 0 aliphatic carbocycles. The molecule has 1 aliphatic heterocycles. The van der Waals surface area contributed by atoms with Crippen LogP contribution < -0.4 is 0 Å². The van der Waals surface area contributed by atoms with Gasteiger partial charge < -0.3 is 0 Å². The van der Waals surface area contributed by atoms with Crippen molar-refractivity contribution in [2.24, 2.45) is 0 Å². The standard InChI is InChI=1S/C19H15NO4S2/c21-25(22)13-19(26(23,24)16-6-2-1-3-7-16)17-9-8-14(11-18(17)25)15-5-4-10-20-12-15/h1-12,19H,13H2. The Kier molecular flexibility index (Phi) is 3.93. The molecule has 7 heteroatoms. The summed E-state index contributed by atoms with van der Waals surface area (Å²) in [5.74, 6) is -0.434. The molecule has 0 saturated heterocycles. The third-order valence-corrected chi connectivity index (χ3v) is 8.61. The lowest BCUT2D eigenvalue weighted by Gasteiger charge is -2.12. The van der Waals surface area contributed by atoms with E-state index in [1.807, 2.05) is 6.07 Å². The number of hydrogen-bond donors (Lipinski definition) is 0. The number of fused-ring (bicyclic) bond motifs is 1. The average Bonchev–Trinajstić information content (AvgIpc) is 2.94. The van der Waals surface area contributed by atoms with Crippen molar-refractivity contribution in [1.29, 1.82) is 0 Å². The van der Waals surface area contributed by atoms with Crippen molar-refractivity contribution in [3.05, 3.63) is 78.6 Å². The topological polar surface area (TPSA) is 81.2 Å². The van der Waals surface area contributed by atoms with Gasteiger partial charge in [-0.2, -0.15) is 0 Å². The van der Waals surface area contributed by atoms with Gasteiger partial charge in [0.25, 0.3) is 0 Å². The van der Waals surface area contributed by atoms with Gasteiger partial charge >= 0.3 is 0 Å². The number of aromatic nitrogens is 1. The third kappa shape index (κ3) is 2.73. The van der Waals surface area contributed by atoms with Crippen LogP contribution >= 0.6 is 0 Å². The summed E-state index contributed by atoms with van der Waals surface area (Å²) >= 11 is 0. The minimum absolute atomic E-state index is 0.0864. The van der Waals surface area contributed by atoms with E-state index in [1.54, 1.807) is 54.9 Å². The third-order valence-electron chi connectivity index (χ3n) is 4.51. The van der Waals surface area contributed by atoms with Crippen LogP contribution in [0.4, 0.5) is 0 Å². The smallest absolute Gasteiger partial charge is 0.186 e. The van der Waals surface area contributed by atoms with Crippen molar-refractivity contribution in [2.75, 3.05) is 5.75 Å². The maximum atomic E-state index is 13.0. The second-order valence-electron chi connectivity index (χ2n) is 6.12. The molecule has 0 radical (unpaired) electrons. The van der Waals surface area contributed by atoms with Crippen molar-refractivity contribution < 1.29 is 16.8 Å². The van der Waals surface area contributed by atoms with E-state index in [9.17, 15) is 16.8 Å². The lowest BCUT2D eigenvalue weighted by molar-refractivity contribution is 0.582. The Hall–Kier alpha value is -2.51. The van der Waals surface area contributed by atoms with E-state index in [2.05, 4.69) is 4.98 Å². The van der Waals surface area contributed by atoms with Gasteiger partial charge in [0.05, 0.1) is 15.5 Å². The zero-order chi connectivity index (χ0) is 18.4. The molecular formula is C19H15NO4S2. The minimum Gasteiger partial charge on any atom is -0.264 e. The number of nitrogens with zero attached hydrogens (tertiary/aromatic N) is 1. The largest absolute Gasteiger partial charge is 0.264 e. The number of rotatable bonds is 3. The molecule has 0 N–H and O–H groups in total. The van der Waals surface area contributed by atoms with Crippen LogP contribution in [0.2, 0.25) is 0 Å². The molecule has 1 unspecified atom stereocenters. The minimum atomic E-state index is -3.79. The summed E-state index contributed by atoms with van der Waals surface area (Å²) in [7, 11) is -7.47. The van der Waals surface area contributed by atoms with Gasteiger partial charge in [0.2, 0.25) is 0 Å². The van der Waals surface area contributed by atoms with Gasteiger partial charge in [-0.3, -0.25) is 4.98 Å². The van der Waals surface area contributed by atoms with Crippen LogP contribution in [-0.4, -0.2) is 27.6 Å². The van der Waals surface area contributed by atoms with Gasteiger partial charge in [-0.1, -0.05) is 36.4 Å². The van der Waals surface area contributed by atoms with E-state index in [0.29, 0.717) is 11.1 Å². The highest BCUT2D eigenvalue weighted by Gasteiger charge is 2.43. The number of benzene rings is 2. The molecule has 0 fully saturated rings. The molecule has 5 nitrogen and oxygen atoms in total. The molecule has 26 heavy (non-hydrogen) atoms. The highest BCUT2D eigenvalue weighted by atomic mass is 32.2. The van der Waals surface area contributed by atoms with E-state index in [-0.39, 0.29) is 9.79 Å². The predicted molar refractivity (Wildman–Crippen MR) is 98.1 cm³/mol. The number of hydrogen-bond acceptors (Lipinski definition) is 5. The predicted octanol–water partition coefficient (Wildman–Crippen LogP) is 3.05. The first-order chi connectivity index (χ1) is 12.4. The van der Waals surface area contributed by atoms with E-state index in [0.717, 1.165) is 5.56 Å². The molecule has 4 rings (SSSR count). The van der Waals surface area contributed by atoms with Crippen molar-refractivity contribution in [2.45, 2.75) is 15.0 Å². The Morgan fingerprint density at radius 1 is 0.923 bits per heavy atom. The molecule has 2 aromatic carbocycles. The molecule has 0 spiro atoms. The summed E-state index contributed by atoms with van der Waals surface area (Å²) < 4.78 is 51.2. The summed E-state index contributed by atoms with van der Waals surface area (Å²) in [5.41, 5.74) is 1.81. The van der Waals surface area contributed by atoms with Gasteiger partial charge in [0.1, 0.15) is 5.25 Å². The SMILES string of the molecule is O=S1(=O)CC(S(=O)(=O)c2ccccc2)c2ccc(-c3cccnc3)cc21. The Labute approximate surface area is 152 Å². The first-order valence-corrected chi connectivity index (χ1v) is 11.2. The van der Waals surface area contributed by atoms with Gasteiger partial charge in [-0.25, -0.2) is 16.8 Å². The molecule has 2 heterocycles. The lowest BCUT2D eigenvalue weighted by Crippen LogP contribution is -2.15. The molecule has 1 aromatic heterocycles. The Morgan fingerprint density at radius 2 is 1.69 bits per heavy atom. The molecule has 1 atom stereocenters. The fourth-order valence-corrected chi connectivity index (χ4v) is 7.56.